The predicted molar refractivity (Wildman–Crippen MR) is 125 cm³/mol. The molecule has 0 aromatic heterocycles. The second-order valence-corrected chi connectivity index (χ2v) is 7.74. The number of carboxylic acids is 1. The third-order valence-corrected chi connectivity index (χ3v) is 5.65. The standard InChI is InChI=1S/C27H24FNO3/c1-17(21-11-12-25(28)26(15-21)32-2)29-16-18-13-22-5-3-4-6-23(22)24(14-18)19-7-9-20(10-8-19)27(30)31/h3-15,17,29H,16H2,1-2H3,(H,30,31). The van der Waals surface area contributed by atoms with Crippen molar-refractivity contribution >= 4 is 16.7 Å². The number of carboxylic acid groups (broad SMARTS) is 1. The third kappa shape index (κ3) is 4.48. The van der Waals surface area contributed by atoms with Crippen molar-refractivity contribution in [2.24, 2.45) is 0 Å². The van der Waals surface area contributed by atoms with E-state index < -0.39 is 5.97 Å². The number of ether oxygens (including phenoxy) is 1. The first-order chi connectivity index (χ1) is 15.5. The van der Waals surface area contributed by atoms with Gasteiger partial charge in [-0.2, -0.15) is 0 Å². The van der Waals surface area contributed by atoms with Crippen LogP contribution < -0.4 is 10.1 Å². The van der Waals surface area contributed by atoms with E-state index in [1.54, 1.807) is 24.3 Å². The van der Waals surface area contributed by atoms with Crippen molar-refractivity contribution in [2.45, 2.75) is 19.5 Å². The van der Waals surface area contributed by atoms with Crippen LogP contribution in [0.4, 0.5) is 4.39 Å². The van der Waals surface area contributed by atoms with Crippen LogP contribution in [-0.2, 0) is 6.54 Å². The van der Waals surface area contributed by atoms with Gasteiger partial charge in [0.1, 0.15) is 0 Å². The molecular formula is C27H24FNO3. The zero-order valence-electron chi connectivity index (χ0n) is 17.9. The van der Waals surface area contributed by atoms with Crippen molar-refractivity contribution in [3.05, 3.63) is 101 Å². The first-order valence-electron chi connectivity index (χ1n) is 10.4. The summed E-state index contributed by atoms with van der Waals surface area (Å²) < 4.78 is 18.8. The normalized spacial score (nSPS) is 12.0. The molecule has 4 rings (SSSR count). The fourth-order valence-electron chi connectivity index (χ4n) is 3.84. The van der Waals surface area contributed by atoms with E-state index in [1.165, 1.54) is 13.2 Å². The van der Waals surface area contributed by atoms with E-state index >= 15 is 0 Å². The SMILES string of the molecule is COc1cc(C(C)NCc2cc(-c3ccc(C(=O)O)cc3)c3ccccc3c2)ccc1F. The predicted octanol–water partition coefficient (Wildman–Crippen LogP) is 6.20. The molecular weight excluding hydrogens is 405 g/mol. The van der Waals surface area contributed by atoms with Crippen molar-refractivity contribution in [1.29, 1.82) is 0 Å². The van der Waals surface area contributed by atoms with E-state index in [-0.39, 0.29) is 23.2 Å². The summed E-state index contributed by atoms with van der Waals surface area (Å²) in [6, 6.07) is 24.2. The van der Waals surface area contributed by atoms with Gasteiger partial charge in [-0.25, -0.2) is 9.18 Å². The Morgan fingerprint density at radius 1 is 1.03 bits per heavy atom. The number of halogens is 1. The number of hydrogen-bond donors (Lipinski definition) is 2. The smallest absolute Gasteiger partial charge is 0.335 e. The first kappa shape index (κ1) is 21.5. The Bertz CT molecular complexity index is 1270. The molecule has 4 aromatic carbocycles. The van der Waals surface area contributed by atoms with Gasteiger partial charge in [-0.1, -0.05) is 42.5 Å². The molecule has 5 heteroatoms. The highest BCUT2D eigenvalue weighted by Gasteiger charge is 2.12. The Labute approximate surface area is 186 Å². The molecule has 0 aliphatic carbocycles. The molecule has 0 radical (unpaired) electrons. The largest absolute Gasteiger partial charge is 0.494 e. The summed E-state index contributed by atoms with van der Waals surface area (Å²) in [5, 5.41) is 14.9. The van der Waals surface area contributed by atoms with Crippen molar-refractivity contribution in [2.75, 3.05) is 7.11 Å². The summed E-state index contributed by atoms with van der Waals surface area (Å²) in [4.78, 5) is 11.2. The molecule has 1 atom stereocenters. The lowest BCUT2D eigenvalue weighted by Gasteiger charge is -2.17. The molecule has 4 aromatic rings. The maximum atomic E-state index is 13.7. The van der Waals surface area contributed by atoms with Crippen molar-refractivity contribution in [3.63, 3.8) is 0 Å². The van der Waals surface area contributed by atoms with E-state index in [9.17, 15) is 14.3 Å². The molecule has 0 aliphatic heterocycles. The number of nitrogens with one attached hydrogen (secondary N) is 1. The van der Waals surface area contributed by atoms with Crippen LogP contribution in [0.25, 0.3) is 21.9 Å². The van der Waals surface area contributed by atoms with Gasteiger partial charge in [0.15, 0.2) is 11.6 Å². The highest BCUT2D eigenvalue weighted by molar-refractivity contribution is 5.98. The first-order valence-corrected chi connectivity index (χ1v) is 10.4. The summed E-state index contributed by atoms with van der Waals surface area (Å²) in [6.45, 7) is 2.64. The number of carbonyl (C=O) groups is 1. The summed E-state index contributed by atoms with van der Waals surface area (Å²) >= 11 is 0. The van der Waals surface area contributed by atoms with Crippen LogP contribution >= 0.6 is 0 Å². The van der Waals surface area contributed by atoms with Gasteiger partial charge in [0, 0.05) is 12.6 Å². The van der Waals surface area contributed by atoms with Gasteiger partial charge < -0.3 is 15.2 Å². The van der Waals surface area contributed by atoms with E-state index in [0.717, 1.165) is 33.0 Å². The molecule has 2 N–H and O–H groups in total. The second-order valence-electron chi connectivity index (χ2n) is 7.74. The zero-order valence-corrected chi connectivity index (χ0v) is 17.9. The molecule has 0 aliphatic rings. The van der Waals surface area contributed by atoms with Crippen LogP contribution in [0, 0.1) is 5.82 Å². The highest BCUT2D eigenvalue weighted by atomic mass is 19.1. The fraction of sp³-hybridized carbons (Fsp3) is 0.148. The number of hydrogen-bond acceptors (Lipinski definition) is 3. The Morgan fingerprint density at radius 3 is 2.50 bits per heavy atom. The third-order valence-electron chi connectivity index (χ3n) is 5.65. The lowest BCUT2D eigenvalue weighted by atomic mass is 9.95. The van der Waals surface area contributed by atoms with E-state index in [4.69, 9.17) is 4.74 Å². The van der Waals surface area contributed by atoms with E-state index in [1.807, 2.05) is 31.2 Å². The Morgan fingerprint density at radius 2 is 1.78 bits per heavy atom. The minimum absolute atomic E-state index is 0.00531. The van der Waals surface area contributed by atoms with Gasteiger partial charge in [-0.05, 0) is 76.3 Å². The number of benzene rings is 4. The summed E-state index contributed by atoms with van der Waals surface area (Å²) in [5.41, 5.74) is 4.31. The average molecular weight is 429 g/mol. The summed E-state index contributed by atoms with van der Waals surface area (Å²) in [6.07, 6.45) is 0. The van der Waals surface area contributed by atoms with Crippen molar-refractivity contribution < 1.29 is 19.0 Å². The van der Waals surface area contributed by atoms with E-state index in [2.05, 4.69) is 29.6 Å². The lowest BCUT2D eigenvalue weighted by molar-refractivity contribution is 0.0697. The Hall–Kier alpha value is -3.70. The molecule has 0 saturated heterocycles. The van der Waals surface area contributed by atoms with Crippen LogP contribution in [0.3, 0.4) is 0 Å². The quantitative estimate of drug-likeness (QED) is 0.367. The highest BCUT2D eigenvalue weighted by Crippen LogP contribution is 2.31. The molecule has 162 valence electrons. The van der Waals surface area contributed by atoms with Crippen LogP contribution in [0.2, 0.25) is 0 Å². The monoisotopic (exact) mass is 429 g/mol. The van der Waals surface area contributed by atoms with Crippen LogP contribution in [0.15, 0.2) is 78.9 Å². The number of methoxy groups -OCH3 is 1. The maximum absolute atomic E-state index is 13.7. The molecule has 1 unspecified atom stereocenters. The van der Waals surface area contributed by atoms with Gasteiger partial charge in [0.2, 0.25) is 0 Å². The van der Waals surface area contributed by atoms with Crippen LogP contribution in [0.1, 0.15) is 34.5 Å². The molecule has 0 bridgehead atoms. The molecule has 32 heavy (non-hydrogen) atoms. The van der Waals surface area contributed by atoms with Gasteiger partial charge in [0.05, 0.1) is 12.7 Å². The summed E-state index contributed by atoms with van der Waals surface area (Å²) in [7, 11) is 1.46. The molecule has 4 nitrogen and oxygen atoms in total. The van der Waals surface area contributed by atoms with Gasteiger partial charge in [-0.15, -0.1) is 0 Å². The number of rotatable bonds is 7. The summed E-state index contributed by atoms with van der Waals surface area (Å²) in [5.74, 6) is -1.09. The zero-order chi connectivity index (χ0) is 22.7. The molecule has 0 heterocycles. The topological polar surface area (TPSA) is 58.6 Å². The van der Waals surface area contributed by atoms with Gasteiger partial charge >= 0.3 is 5.97 Å². The average Bonchev–Trinajstić information content (AvgIpc) is 2.82. The molecule has 0 saturated carbocycles. The Kier molecular flexibility index (Phi) is 6.19. The minimum Gasteiger partial charge on any atom is -0.494 e. The lowest BCUT2D eigenvalue weighted by Crippen LogP contribution is -2.18. The van der Waals surface area contributed by atoms with Crippen molar-refractivity contribution in [1.82, 2.24) is 5.32 Å². The molecule has 0 fully saturated rings. The molecule has 0 amide bonds. The maximum Gasteiger partial charge on any atom is 0.335 e. The van der Waals surface area contributed by atoms with E-state index in [0.29, 0.717) is 6.54 Å². The van der Waals surface area contributed by atoms with Crippen LogP contribution in [-0.4, -0.2) is 18.2 Å². The van der Waals surface area contributed by atoms with Gasteiger partial charge in [0.25, 0.3) is 0 Å². The minimum atomic E-state index is -0.939. The fourth-order valence-corrected chi connectivity index (χ4v) is 3.84. The molecule has 0 spiro atoms. The van der Waals surface area contributed by atoms with Crippen LogP contribution in [0.5, 0.6) is 5.75 Å². The Balaban J connectivity index is 1.63. The second kappa shape index (κ2) is 9.20. The van der Waals surface area contributed by atoms with Crippen molar-refractivity contribution in [3.8, 4) is 16.9 Å². The van der Waals surface area contributed by atoms with Gasteiger partial charge in [-0.3, -0.25) is 0 Å². The number of fused-ring (bicyclic) bond motifs is 1. The number of aromatic carboxylic acids is 1.